The van der Waals surface area contributed by atoms with E-state index in [0.29, 0.717) is 0 Å². The Labute approximate surface area is 88.4 Å². The molecule has 4 N–H and O–H groups in total. The topological polar surface area (TPSA) is 98.0 Å². The number of aromatic nitrogens is 1. The van der Waals surface area contributed by atoms with Crippen molar-refractivity contribution in [2.45, 2.75) is 12.9 Å². The van der Waals surface area contributed by atoms with E-state index >= 15 is 0 Å². The number of nitrogens with zero attached hydrogens (tertiary/aromatic N) is 2. The fourth-order valence-electron chi connectivity index (χ4n) is 1.01. The molecule has 1 aromatic heterocycles. The summed E-state index contributed by atoms with van der Waals surface area (Å²) in [5, 5.41) is 8.56. The van der Waals surface area contributed by atoms with Crippen LogP contribution in [0.3, 0.4) is 0 Å². The second kappa shape index (κ2) is 4.24. The molecule has 0 fully saturated rings. The lowest BCUT2D eigenvalue weighted by molar-refractivity contribution is -0.274. The van der Waals surface area contributed by atoms with Gasteiger partial charge in [0, 0.05) is 18.3 Å². The highest BCUT2D eigenvalue weighted by molar-refractivity contribution is 5.62. The zero-order chi connectivity index (χ0) is 12.3. The van der Waals surface area contributed by atoms with E-state index in [9.17, 15) is 13.2 Å². The molecular formula is C8H7F3N4O. The molecule has 86 valence electrons. The van der Waals surface area contributed by atoms with Crippen molar-refractivity contribution in [2.75, 3.05) is 5.73 Å². The summed E-state index contributed by atoms with van der Waals surface area (Å²) in [6.45, 7) is -0.0985. The highest BCUT2D eigenvalue weighted by Crippen LogP contribution is 2.32. The number of nitrogen functional groups attached to an aromatic ring is 1. The van der Waals surface area contributed by atoms with Crippen molar-refractivity contribution in [3.8, 4) is 11.8 Å². The summed E-state index contributed by atoms with van der Waals surface area (Å²) in [6.07, 6.45) is -3.80. The summed E-state index contributed by atoms with van der Waals surface area (Å²) >= 11 is 0. The highest BCUT2D eigenvalue weighted by atomic mass is 19.4. The molecule has 1 aromatic rings. The van der Waals surface area contributed by atoms with Crippen LogP contribution < -0.4 is 16.2 Å². The van der Waals surface area contributed by atoms with Gasteiger partial charge >= 0.3 is 6.36 Å². The maximum atomic E-state index is 12.0. The van der Waals surface area contributed by atoms with Crippen LogP contribution in [0.25, 0.3) is 0 Å². The highest BCUT2D eigenvalue weighted by Gasteiger charge is 2.34. The Morgan fingerprint density at radius 3 is 2.56 bits per heavy atom. The molecule has 8 heteroatoms. The Bertz CT molecular complexity index is 438. The normalized spacial score (nSPS) is 10.9. The monoisotopic (exact) mass is 232 g/mol. The lowest BCUT2D eigenvalue weighted by Crippen LogP contribution is -2.20. The van der Waals surface area contributed by atoms with Crippen LogP contribution in [0.15, 0.2) is 6.20 Å². The van der Waals surface area contributed by atoms with Gasteiger partial charge < -0.3 is 16.2 Å². The third kappa shape index (κ3) is 2.52. The minimum Gasteiger partial charge on any atom is -0.400 e. The van der Waals surface area contributed by atoms with Crippen LogP contribution in [0.5, 0.6) is 5.75 Å². The number of rotatable bonds is 2. The SMILES string of the molecule is N#Cc1ncc(CN)c(N)c1OC(F)(F)F. The van der Waals surface area contributed by atoms with Gasteiger partial charge in [-0.25, -0.2) is 4.98 Å². The van der Waals surface area contributed by atoms with E-state index in [1.54, 1.807) is 0 Å². The molecule has 0 unspecified atom stereocenters. The fourth-order valence-corrected chi connectivity index (χ4v) is 1.01. The predicted molar refractivity (Wildman–Crippen MR) is 47.9 cm³/mol. The standard InChI is InChI=1S/C8H7F3N4O/c9-8(10,11)16-7-5(2-13)15-3-4(1-12)6(7)14/h3H,1,12H2,(H2,14,15). The lowest BCUT2D eigenvalue weighted by atomic mass is 10.2. The van der Waals surface area contributed by atoms with Crippen LogP contribution in [0.4, 0.5) is 18.9 Å². The molecule has 16 heavy (non-hydrogen) atoms. The molecule has 0 radical (unpaired) electrons. The van der Waals surface area contributed by atoms with Gasteiger partial charge in [-0.1, -0.05) is 0 Å². The lowest BCUT2D eigenvalue weighted by Gasteiger charge is -2.13. The first kappa shape index (κ1) is 12.1. The third-order valence-corrected chi connectivity index (χ3v) is 1.70. The minimum absolute atomic E-state index is 0.0985. The third-order valence-electron chi connectivity index (χ3n) is 1.70. The average Bonchev–Trinajstić information content (AvgIpc) is 2.19. The molecule has 5 nitrogen and oxygen atoms in total. The summed E-state index contributed by atoms with van der Waals surface area (Å²) in [7, 11) is 0. The van der Waals surface area contributed by atoms with Crippen molar-refractivity contribution >= 4 is 5.69 Å². The van der Waals surface area contributed by atoms with E-state index in [4.69, 9.17) is 16.7 Å². The fraction of sp³-hybridized carbons (Fsp3) is 0.250. The first-order valence-corrected chi connectivity index (χ1v) is 4.02. The van der Waals surface area contributed by atoms with Gasteiger partial charge in [0.05, 0.1) is 5.69 Å². The molecule has 0 atom stereocenters. The van der Waals surface area contributed by atoms with Crippen molar-refractivity contribution in [3.63, 3.8) is 0 Å². The van der Waals surface area contributed by atoms with Gasteiger partial charge in [-0.05, 0) is 0 Å². The van der Waals surface area contributed by atoms with Crippen LogP contribution in [-0.4, -0.2) is 11.3 Å². The van der Waals surface area contributed by atoms with E-state index in [0.717, 1.165) is 6.20 Å². The van der Waals surface area contributed by atoms with Crippen LogP contribution >= 0.6 is 0 Å². The van der Waals surface area contributed by atoms with E-state index in [1.807, 2.05) is 0 Å². The van der Waals surface area contributed by atoms with E-state index < -0.39 is 17.8 Å². The van der Waals surface area contributed by atoms with Gasteiger partial charge in [0.25, 0.3) is 0 Å². The Morgan fingerprint density at radius 2 is 2.12 bits per heavy atom. The van der Waals surface area contributed by atoms with E-state index in [-0.39, 0.29) is 17.8 Å². The smallest absolute Gasteiger partial charge is 0.400 e. The summed E-state index contributed by atoms with van der Waals surface area (Å²) in [4.78, 5) is 3.47. The molecule has 0 aliphatic carbocycles. The predicted octanol–water partition coefficient (Wildman–Crippen LogP) is 0.893. The summed E-state index contributed by atoms with van der Waals surface area (Å²) in [5.41, 5.74) is 9.93. The molecule has 0 aliphatic heterocycles. The number of hydrogen-bond acceptors (Lipinski definition) is 5. The Hall–Kier alpha value is -2.01. The zero-order valence-corrected chi connectivity index (χ0v) is 7.88. The molecule has 1 heterocycles. The second-order valence-electron chi connectivity index (χ2n) is 2.74. The first-order chi connectivity index (χ1) is 7.39. The second-order valence-corrected chi connectivity index (χ2v) is 2.74. The number of anilines is 1. The number of pyridine rings is 1. The van der Waals surface area contributed by atoms with E-state index in [1.165, 1.54) is 6.07 Å². The average molecular weight is 232 g/mol. The molecule has 0 bridgehead atoms. The number of alkyl halides is 3. The largest absolute Gasteiger partial charge is 0.573 e. The Balaban J connectivity index is 3.28. The molecule has 0 amide bonds. The number of halogens is 3. The minimum atomic E-state index is -4.94. The molecule has 0 saturated heterocycles. The van der Waals surface area contributed by atoms with Gasteiger partial charge in [-0.2, -0.15) is 5.26 Å². The molecular weight excluding hydrogens is 225 g/mol. The van der Waals surface area contributed by atoms with Gasteiger partial charge in [0.15, 0.2) is 11.4 Å². The maximum absolute atomic E-state index is 12.0. The van der Waals surface area contributed by atoms with Gasteiger partial charge in [-0.15, -0.1) is 13.2 Å². The van der Waals surface area contributed by atoms with Crippen LogP contribution in [-0.2, 0) is 6.54 Å². The molecule has 0 aromatic carbocycles. The first-order valence-electron chi connectivity index (χ1n) is 4.02. The van der Waals surface area contributed by atoms with Gasteiger partial charge in [-0.3, -0.25) is 0 Å². The molecule has 0 aliphatic rings. The number of nitriles is 1. The summed E-state index contributed by atoms with van der Waals surface area (Å²) < 4.78 is 39.7. The maximum Gasteiger partial charge on any atom is 0.573 e. The number of ether oxygens (including phenoxy) is 1. The Morgan fingerprint density at radius 1 is 1.50 bits per heavy atom. The number of hydrogen-bond donors (Lipinski definition) is 2. The molecule has 0 saturated carbocycles. The quantitative estimate of drug-likeness (QED) is 0.789. The van der Waals surface area contributed by atoms with E-state index in [2.05, 4.69) is 9.72 Å². The zero-order valence-electron chi connectivity index (χ0n) is 7.88. The molecule has 0 spiro atoms. The summed E-state index contributed by atoms with van der Waals surface area (Å²) in [6, 6.07) is 1.45. The van der Waals surface area contributed by atoms with Crippen molar-refractivity contribution < 1.29 is 17.9 Å². The van der Waals surface area contributed by atoms with Crippen molar-refractivity contribution in [3.05, 3.63) is 17.5 Å². The van der Waals surface area contributed by atoms with Crippen LogP contribution in [0.1, 0.15) is 11.3 Å². The van der Waals surface area contributed by atoms with Crippen molar-refractivity contribution in [1.82, 2.24) is 4.98 Å². The van der Waals surface area contributed by atoms with Gasteiger partial charge in [0.1, 0.15) is 6.07 Å². The van der Waals surface area contributed by atoms with Crippen molar-refractivity contribution in [2.24, 2.45) is 5.73 Å². The van der Waals surface area contributed by atoms with Gasteiger partial charge in [0.2, 0.25) is 0 Å². The number of nitrogens with two attached hydrogens (primary N) is 2. The Kier molecular flexibility index (Phi) is 3.20. The van der Waals surface area contributed by atoms with Crippen molar-refractivity contribution in [1.29, 1.82) is 5.26 Å². The summed E-state index contributed by atoms with van der Waals surface area (Å²) in [5.74, 6) is -0.807. The molecule has 1 rings (SSSR count). The van der Waals surface area contributed by atoms with Crippen LogP contribution in [0.2, 0.25) is 0 Å². The van der Waals surface area contributed by atoms with Crippen LogP contribution in [0, 0.1) is 11.3 Å².